The molecule has 0 aromatic carbocycles. The molecule has 2 aromatic heterocycles. The van der Waals surface area contributed by atoms with Crippen LogP contribution in [0.15, 0.2) is 12.3 Å². The van der Waals surface area contributed by atoms with E-state index in [0.29, 0.717) is 4.68 Å². The van der Waals surface area contributed by atoms with Crippen LogP contribution in [0.1, 0.15) is 17.0 Å². The minimum atomic E-state index is -6.21. The number of aryl methyl sites for hydroxylation is 1. The van der Waals surface area contributed by atoms with Crippen LogP contribution in [0.4, 0.5) is 35.1 Å². The van der Waals surface area contributed by atoms with Crippen molar-refractivity contribution < 1.29 is 35.1 Å². The number of rotatable bonds is 2. The van der Waals surface area contributed by atoms with Crippen LogP contribution in [-0.4, -0.2) is 26.2 Å². The first-order valence-corrected chi connectivity index (χ1v) is 5.49. The van der Waals surface area contributed by atoms with Gasteiger partial charge in [0.2, 0.25) is 0 Å². The van der Waals surface area contributed by atoms with E-state index in [2.05, 4.69) is 10.2 Å². The molecule has 0 aliphatic carbocycles. The van der Waals surface area contributed by atoms with Gasteiger partial charge in [0.25, 0.3) is 0 Å². The molecule has 0 unspecified atom stereocenters. The van der Waals surface area contributed by atoms with Gasteiger partial charge in [0.15, 0.2) is 5.82 Å². The number of aromatic amines is 1. The number of nitrogens with zero attached hydrogens (tertiary/aromatic N) is 3. The van der Waals surface area contributed by atoms with E-state index in [1.54, 1.807) is 0 Å². The molecule has 2 aromatic rings. The van der Waals surface area contributed by atoms with E-state index in [0.717, 1.165) is 11.3 Å². The van der Waals surface area contributed by atoms with E-state index < -0.39 is 35.4 Å². The van der Waals surface area contributed by atoms with Gasteiger partial charge in [-0.05, 0) is 13.0 Å². The summed E-state index contributed by atoms with van der Waals surface area (Å²) in [6, 6.07) is 1.23. The highest BCUT2D eigenvalue weighted by atomic mass is 19.4. The summed E-state index contributed by atoms with van der Waals surface area (Å²) in [4.78, 5) is 0. The molecule has 2 rings (SSSR count). The van der Waals surface area contributed by atoms with Crippen molar-refractivity contribution in [2.24, 2.45) is 0 Å². The third kappa shape index (κ3) is 2.52. The average molecular weight is 334 g/mol. The minimum absolute atomic E-state index is 0.222. The monoisotopic (exact) mass is 334 g/mol. The largest absolute Gasteiger partial charge is 0.459 e. The first kappa shape index (κ1) is 16.2. The first-order chi connectivity index (χ1) is 9.85. The molecule has 12 heteroatoms. The molecule has 4 nitrogen and oxygen atoms in total. The van der Waals surface area contributed by atoms with Crippen molar-refractivity contribution in [3.8, 4) is 5.82 Å². The summed E-state index contributed by atoms with van der Waals surface area (Å²) in [7, 11) is 0. The van der Waals surface area contributed by atoms with Crippen LogP contribution in [-0.2, 0) is 12.1 Å². The zero-order chi connectivity index (χ0) is 16.9. The third-order valence-corrected chi connectivity index (χ3v) is 2.64. The van der Waals surface area contributed by atoms with Crippen molar-refractivity contribution in [2.45, 2.75) is 25.2 Å². The molecule has 1 N–H and O–H groups in total. The van der Waals surface area contributed by atoms with Gasteiger partial charge in [-0.25, -0.2) is 4.68 Å². The molecule has 0 spiro atoms. The second-order valence-electron chi connectivity index (χ2n) is 4.27. The Hall–Kier alpha value is -2.14. The highest BCUT2D eigenvalue weighted by Crippen LogP contribution is 2.48. The summed E-state index contributed by atoms with van der Waals surface area (Å²) in [5.41, 5.74) is -4.38. The summed E-state index contributed by atoms with van der Waals surface area (Å²) in [6.07, 6.45) is -10.8. The fraction of sp³-hybridized carbons (Fsp3) is 0.400. The highest BCUT2D eigenvalue weighted by molar-refractivity contribution is 5.41. The number of nitrogens with one attached hydrogen (secondary N) is 1. The molecule has 122 valence electrons. The molecule has 22 heavy (non-hydrogen) atoms. The topological polar surface area (TPSA) is 46.5 Å². The molecule has 0 aliphatic heterocycles. The van der Waals surface area contributed by atoms with Crippen LogP contribution in [0.3, 0.4) is 0 Å². The quantitative estimate of drug-likeness (QED) is 0.854. The van der Waals surface area contributed by atoms with Crippen molar-refractivity contribution >= 4 is 0 Å². The number of aromatic nitrogens is 4. The SMILES string of the molecule is Cc1ccn(-c2n[nH]c(C(F)(F)C(F)(F)F)c2C(F)(F)F)n1. The Morgan fingerprint density at radius 2 is 1.64 bits per heavy atom. The van der Waals surface area contributed by atoms with Gasteiger partial charge in [0.1, 0.15) is 11.3 Å². The number of H-pyrrole nitrogens is 1. The Morgan fingerprint density at radius 3 is 2.05 bits per heavy atom. The van der Waals surface area contributed by atoms with Crippen molar-refractivity contribution in [3.05, 3.63) is 29.2 Å². The number of alkyl halides is 8. The molecular weight excluding hydrogens is 328 g/mol. The van der Waals surface area contributed by atoms with Crippen LogP contribution in [0.2, 0.25) is 0 Å². The Balaban J connectivity index is 2.71. The summed E-state index contributed by atoms with van der Waals surface area (Å²) in [6.45, 7) is 1.39. The summed E-state index contributed by atoms with van der Waals surface area (Å²) >= 11 is 0. The molecule has 0 fully saturated rings. The second-order valence-corrected chi connectivity index (χ2v) is 4.27. The van der Waals surface area contributed by atoms with Crippen LogP contribution in [0.5, 0.6) is 0 Å². The standard InChI is InChI=1S/C10H6F8N4/c1-4-2-3-22(21-4)7-5(9(13,14)15)6(19-20-7)8(11,12)10(16,17)18/h2-3H,1H3,(H,19,20). The lowest BCUT2D eigenvalue weighted by atomic mass is 10.1. The summed E-state index contributed by atoms with van der Waals surface area (Å²) in [5, 5.41) is 7.58. The molecule has 0 bridgehead atoms. The second kappa shape index (κ2) is 4.68. The molecular formula is C10H6F8N4. The third-order valence-electron chi connectivity index (χ3n) is 2.64. The Kier molecular flexibility index (Phi) is 3.45. The summed E-state index contributed by atoms with van der Waals surface area (Å²) < 4.78 is 103. The summed E-state index contributed by atoms with van der Waals surface area (Å²) in [5.74, 6) is -6.94. The molecule has 0 amide bonds. The average Bonchev–Trinajstić information content (AvgIpc) is 2.91. The van der Waals surface area contributed by atoms with Gasteiger partial charge in [-0.15, -0.1) is 0 Å². The maximum Gasteiger partial charge on any atom is 0.459 e. The Labute approximate surface area is 116 Å². The maximum absolute atomic E-state index is 13.3. The zero-order valence-corrected chi connectivity index (χ0v) is 10.5. The van der Waals surface area contributed by atoms with Crippen molar-refractivity contribution in [1.82, 2.24) is 20.0 Å². The number of hydrogen-bond acceptors (Lipinski definition) is 2. The smallest absolute Gasteiger partial charge is 0.273 e. The van der Waals surface area contributed by atoms with E-state index >= 15 is 0 Å². The minimum Gasteiger partial charge on any atom is -0.273 e. The fourth-order valence-electron chi connectivity index (χ4n) is 1.67. The van der Waals surface area contributed by atoms with Crippen LogP contribution >= 0.6 is 0 Å². The van der Waals surface area contributed by atoms with Crippen LogP contribution < -0.4 is 0 Å². The predicted octanol–water partition coefficient (Wildman–Crippen LogP) is 3.58. The lowest BCUT2D eigenvalue weighted by Crippen LogP contribution is -2.36. The van der Waals surface area contributed by atoms with Gasteiger partial charge in [0, 0.05) is 6.20 Å². The number of hydrogen-bond donors (Lipinski definition) is 1. The van der Waals surface area contributed by atoms with Gasteiger partial charge in [-0.1, -0.05) is 0 Å². The zero-order valence-electron chi connectivity index (χ0n) is 10.5. The van der Waals surface area contributed by atoms with Crippen molar-refractivity contribution in [2.75, 3.05) is 0 Å². The van der Waals surface area contributed by atoms with E-state index in [9.17, 15) is 35.1 Å². The van der Waals surface area contributed by atoms with E-state index in [-0.39, 0.29) is 5.69 Å². The lowest BCUT2D eigenvalue weighted by Gasteiger charge is -2.20. The Bertz CT molecular complexity index is 678. The normalized spacial score (nSPS) is 13.7. The van der Waals surface area contributed by atoms with Gasteiger partial charge < -0.3 is 0 Å². The number of halogens is 8. The first-order valence-electron chi connectivity index (χ1n) is 5.49. The Morgan fingerprint density at radius 1 is 1.05 bits per heavy atom. The van der Waals surface area contributed by atoms with E-state index in [4.69, 9.17) is 0 Å². The molecule has 0 saturated carbocycles. The molecule has 0 aliphatic rings. The maximum atomic E-state index is 13.3. The van der Waals surface area contributed by atoms with Crippen LogP contribution in [0.25, 0.3) is 5.82 Å². The van der Waals surface area contributed by atoms with Gasteiger partial charge in [-0.3, -0.25) is 5.10 Å². The lowest BCUT2D eigenvalue weighted by molar-refractivity contribution is -0.292. The van der Waals surface area contributed by atoms with E-state index in [1.165, 1.54) is 13.0 Å². The molecule has 0 saturated heterocycles. The van der Waals surface area contributed by atoms with Crippen molar-refractivity contribution in [3.63, 3.8) is 0 Å². The van der Waals surface area contributed by atoms with Crippen molar-refractivity contribution in [1.29, 1.82) is 0 Å². The molecule has 2 heterocycles. The van der Waals surface area contributed by atoms with Gasteiger partial charge in [0.05, 0.1) is 5.69 Å². The highest BCUT2D eigenvalue weighted by Gasteiger charge is 2.63. The fourth-order valence-corrected chi connectivity index (χ4v) is 1.67. The molecule has 0 radical (unpaired) electrons. The van der Waals surface area contributed by atoms with Gasteiger partial charge >= 0.3 is 18.3 Å². The molecule has 0 atom stereocenters. The van der Waals surface area contributed by atoms with Gasteiger partial charge in [-0.2, -0.15) is 45.3 Å². The predicted molar refractivity (Wildman–Crippen MR) is 55.4 cm³/mol. The van der Waals surface area contributed by atoms with Crippen LogP contribution in [0, 0.1) is 6.92 Å². The van der Waals surface area contributed by atoms with E-state index in [1.807, 2.05) is 0 Å².